The molecule has 2 aromatic carbocycles. The molecule has 0 spiro atoms. The van der Waals surface area contributed by atoms with Crippen molar-refractivity contribution in [2.75, 3.05) is 0 Å². The zero-order chi connectivity index (χ0) is 25.1. The van der Waals surface area contributed by atoms with Crippen molar-refractivity contribution >= 4 is 23.1 Å². The number of aliphatic hydroxyl groups is 1. The predicted molar refractivity (Wildman–Crippen MR) is 127 cm³/mol. The van der Waals surface area contributed by atoms with Gasteiger partial charge >= 0.3 is 0 Å². The SMILES string of the molecule is CC(C)Oc1ccc(/C(O)=C2/C(=O)C(=O)N(Cc3cccnc3)C2c2ccc([N+](=O)[O-])cc2)cc1. The Hall–Kier alpha value is -4.53. The lowest BCUT2D eigenvalue weighted by atomic mass is 9.95. The van der Waals surface area contributed by atoms with E-state index in [0.717, 1.165) is 0 Å². The average Bonchev–Trinajstić information content (AvgIpc) is 3.09. The van der Waals surface area contributed by atoms with Crippen LogP contribution in [-0.2, 0) is 16.1 Å². The second kappa shape index (κ2) is 9.76. The molecule has 9 nitrogen and oxygen atoms in total. The first-order chi connectivity index (χ1) is 16.8. The third kappa shape index (κ3) is 4.89. The van der Waals surface area contributed by atoms with Crippen LogP contribution in [0.15, 0.2) is 78.6 Å². The largest absolute Gasteiger partial charge is 0.507 e. The normalized spacial score (nSPS) is 17.1. The Bertz CT molecular complexity index is 1280. The highest BCUT2D eigenvalue weighted by Gasteiger charge is 2.46. The standard InChI is InChI=1S/C26H23N3O6/c1-16(2)35-21-11-7-19(8-12-21)24(30)22-23(18-5-9-20(10-6-18)29(33)34)28(26(32)25(22)31)15-17-4-3-13-27-14-17/h3-14,16,23,30H,15H2,1-2H3/b24-22-. The van der Waals surface area contributed by atoms with Gasteiger partial charge < -0.3 is 14.7 Å². The molecule has 178 valence electrons. The molecule has 0 saturated carbocycles. The number of likely N-dealkylation sites (tertiary alicyclic amines) is 1. The highest BCUT2D eigenvalue weighted by molar-refractivity contribution is 6.46. The zero-order valence-corrected chi connectivity index (χ0v) is 19.1. The lowest BCUT2D eigenvalue weighted by Gasteiger charge is -2.25. The Morgan fingerprint density at radius 3 is 2.37 bits per heavy atom. The fourth-order valence-corrected chi connectivity index (χ4v) is 3.98. The number of nitrogens with zero attached hydrogens (tertiary/aromatic N) is 3. The second-order valence-corrected chi connectivity index (χ2v) is 8.33. The first-order valence-electron chi connectivity index (χ1n) is 10.9. The van der Waals surface area contributed by atoms with E-state index in [9.17, 15) is 24.8 Å². The smallest absolute Gasteiger partial charge is 0.295 e. The maximum absolute atomic E-state index is 13.1. The third-order valence-corrected chi connectivity index (χ3v) is 5.53. The van der Waals surface area contributed by atoms with E-state index in [0.29, 0.717) is 22.4 Å². The molecule has 1 amide bonds. The molecule has 1 atom stereocenters. The number of aromatic nitrogens is 1. The summed E-state index contributed by atoms with van der Waals surface area (Å²) in [7, 11) is 0. The summed E-state index contributed by atoms with van der Waals surface area (Å²) in [5, 5.41) is 22.3. The number of nitro groups is 1. The van der Waals surface area contributed by atoms with Crippen molar-refractivity contribution in [3.8, 4) is 5.75 Å². The number of hydrogen-bond donors (Lipinski definition) is 1. The van der Waals surface area contributed by atoms with Crippen molar-refractivity contribution < 1.29 is 24.4 Å². The Kier molecular flexibility index (Phi) is 6.59. The van der Waals surface area contributed by atoms with Crippen LogP contribution in [0.25, 0.3) is 5.76 Å². The molecule has 1 fully saturated rings. The summed E-state index contributed by atoms with van der Waals surface area (Å²) in [5.74, 6) is -1.35. The summed E-state index contributed by atoms with van der Waals surface area (Å²) in [6.45, 7) is 3.85. The van der Waals surface area contributed by atoms with Gasteiger partial charge in [0.15, 0.2) is 0 Å². The molecule has 2 heterocycles. The molecule has 1 aromatic heterocycles. The number of non-ortho nitro benzene ring substituents is 1. The van der Waals surface area contributed by atoms with Gasteiger partial charge in [-0.15, -0.1) is 0 Å². The number of pyridine rings is 1. The van der Waals surface area contributed by atoms with Gasteiger partial charge in [-0.2, -0.15) is 0 Å². The van der Waals surface area contributed by atoms with Gasteiger partial charge in [-0.05, 0) is 67.4 Å². The summed E-state index contributed by atoms with van der Waals surface area (Å²) in [4.78, 5) is 42.2. The summed E-state index contributed by atoms with van der Waals surface area (Å²) in [5.41, 5.74) is 1.27. The number of carbonyl (C=O) groups excluding carboxylic acids is 2. The molecule has 1 unspecified atom stereocenters. The zero-order valence-electron chi connectivity index (χ0n) is 19.1. The van der Waals surface area contributed by atoms with Crippen LogP contribution in [0.3, 0.4) is 0 Å². The number of amides is 1. The molecule has 1 saturated heterocycles. The maximum atomic E-state index is 13.1. The van der Waals surface area contributed by atoms with Crippen LogP contribution in [0.1, 0.15) is 36.6 Å². The van der Waals surface area contributed by atoms with Crippen molar-refractivity contribution in [3.05, 3.63) is 105 Å². The van der Waals surface area contributed by atoms with E-state index in [4.69, 9.17) is 4.74 Å². The van der Waals surface area contributed by atoms with Crippen molar-refractivity contribution in [3.63, 3.8) is 0 Å². The van der Waals surface area contributed by atoms with E-state index >= 15 is 0 Å². The van der Waals surface area contributed by atoms with Gasteiger partial charge in [0.2, 0.25) is 0 Å². The van der Waals surface area contributed by atoms with Gasteiger partial charge in [-0.25, -0.2) is 0 Å². The van der Waals surface area contributed by atoms with Crippen molar-refractivity contribution in [2.24, 2.45) is 0 Å². The lowest BCUT2D eigenvalue weighted by molar-refractivity contribution is -0.384. The van der Waals surface area contributed by atoms with Gasteiger partial charge in [0, 0.05) is 36.6 Å². The van der Waals surface area contributed by atoms with Gasteiger partial charge in [0.05, 0.1) is 22.6 Å². The van der Waals surface area contributed by atoms with Gasteiger partial charge in [-0.3, -0.25) is 24.7 Å². The van der Waals surface area contributed by atoms with E-state index in [1.165, 1.54) is 29.2 Å². The molecule has 0 bridgehead atoms. The van der Waals surface area contributed by atoms with Gasteiger partial charge in [-0.1, -0.05) is 6.07 Å². The Labute approximate surface area is 201 Å². The van der Waals surface area contributed by atoms with Crippen LogP contribution < -0.4 is 4.74 Å². The van der Waals surface area contributed by atoms with Gasteiger partial charge in [0.1, 0.15) is 11.5 Å². The number of hydrogen-bond acceptors (Lipinski definition) is 7. The van der Waals surface area contributed by atoms with Crippen LogP contribution in [0.5, 0.6) is 5.75 Å². The molecule has 4 rings (SSSR count). The molecule has 3 aromatic rings. The maximum Gasteiger partial charge on any atom is 0.295 e. The fourth-order valence-electron chi connectivity index (χ4n) is 3.98. The summed E-state index contributed by atoms with van der Waals surface area (Å²) < 4.78 is 5.63. The fraction of sp³-hybridized carbons (Fsp3) is 0.192. The van der Waals surface area contributed by atoms with Gasteiger partial charge in [0.25, 0.3) is 17.4 Å². The summed E-state index contributed by atoms with van der Waals surface area (Å²) in [6.07, 6.45) is 3.15. The van der Waals surface area contributed by atoms with E-state index in [1.54, 1.807) is 48.8 Å². The predicted octanol–water partition coefficient (Wildman–Crippen LogP) is 4.40. The van der Waals surface area contributed by atoms with Crippen LogP contribution in [-0.4, -0.2) is 37.7 Å². The quantitative estimate of drug-likeness (QED) is 0.177. The number of carbonyl (C=O) groups is 2. The molecule has 35 heavy (non-hydrogen) atoms. The van der Waals surface area contributed by atoms with Crippen molar-refractivity contribution in [2.45, 2.75) is 32.5 Å². The average molecular weight is 473 g/mol. The first kappa shape index (κ1) is 23.6. The van der Waals surface area contributed by atoms with Crippen LogP contribution in [0, 0.1) is 10.1 Å². The van der Waals surface area contributed by atoms with E-state index in [-0.39, 0.29) is 29.7 Å². The second-order valence-electron chi connectivity index (χ2n) is 8.33. The van der Waals surface area contributed by atoms with E-state index < -0.39 is 22.7 Å². The van der Waals surface area contributed by atoms with Crippen molar-refractivity contribution in [1.29, 1.82) is 0 Å². The number of Topliss-reactive ketones (excluding diaryl/α,β-unsaturated/α-hetero) is 1. The van der Waals surface area contributed by atoms with Crippen molar-refractivity contribution in [1.82, 2.24) is 9.88 Å². The lowest BCUT2D eigenvalue weighted by Crippen LogP contribution is -2.29. The molecule has 0 aliphatic carbocycles. The summed E-state index contributed by atoms with van der Waals surface area (Å²) >= 11 is 0. The minimum Gasteiger partial charge on any atom is -0.507 e. The third-order valence-electron chi connectivity index (χ3n) is 5.53. The van der Waals surface area contributed by atoms with Crippen LogP contribution in [0.4, 0.5) is 5.69 Å². The van der Waals surface area contributed by atoms with E-state index in [1.807, 2.05) is 13.8 Å². The highest BCUT2D eigenvalue weighted by Crippen LogP contribution is 2.40. The first-order valence-corrected chi connectivity index (χ1v) is 10.9. The topological polar surface area (TPSA) is 123 Å². The number of benzene rings is 2. The monoisotopic (exact) mass is 473 g/mol. The Morgan fingerprint density at radius 2 is 1.80 bits per heavy atom. The summed E-state index contributed by atoms with van der Waals surface area (Å²) in [6, 6.07) is 14.7. The minimum absolute atomic E-state index is 0.0330. The molecule has 9 heteroatoms. The number of ketones is 1. The number of nitro benzene ring substituents is 1. The van der Waals surface area contributed by atoms with Crippen LogP contribution in [0.2, 0.25) is 0 Å². The molecular weight excluding hydrogens is 450 g/mol. The molecule has 1 N–H and O–H groups in total. The van der Waals surface area contributed by atoms with E-state index in [2.05, 4.69) is 4.98 Å². The number of ether oxygens (including phenoxy) is 1. The number of aliphatic hydroxyl groups excluding tert-OH is 1. The molecular formula is C26H23N3O6. The Balaban J connectivity index is 1.80. The molecule has 1 aliphatic rings. The Morgan fingerprint density at radius 1 is 1.11 bits per heavy atom. The molecule has 0 radical (unpaired) electrons. The molecule has 1 aliphatic heterocycles. The highest BCUT2D eigenvalue weighted by atomic mass is 16.6. The van der Waals surface area contributed by atoms with Crippen LogP contribution >= 0.6 is 0 Å². The minimum atomic E-state index is -0.942. The number of rotatable bonds is 7.